The van der Waals surface area contributed by atoms with Crippen molar-refractivity contribution < 1.29 is 9.59 Å². The number of carbonyl (C=O) groups is 2. The topological polar surface area (TPSA) is 46.2 Å². The van der Waals surface area contributed by atoms with Gasteiger partial charge in [-0.1, -0.05) is 12.1 Å². The normalized spacial score (nSPS) is 16.2. The SMILES string of the molecule is CC(Cl)C(=O)c1ccc2c(c1)C(=O)NCC2. The second kappa shape index (κ2) is 4.26. The van der Waals surface area contributed by atoms with Crippen LogP contribution in [-0.4, -0.2) is 23.6 Å². The zero-order valence-electron chi connectivity index (χ0n) is 8.92. The Hall–Kier alpha value is -1.35. The third kappa shape index (κ3) is 1.95. The number of ketones is 1. The van der Waals surface area contributed by atoms with E-state index in [1.54, 1.807) is 19.1 Å². The molecule has 4 heteroatoms. The first-order valence-corrected chi connectivity index (χ1v) is 5.62. The Morgan fingerprint density at radius 2 is 2.25 bits per heavy atom. The van der Waals surface area contributed by atoms with Crippen LogP contribution in [0.5, 0.6) is 0 Å². The number of rotatable bonds is 2. The molecule has 1 heterocycles. The molecule has 1 aromatic carbocycles. The van der Waals surface area contributed by atoms with Gasteiger partial charge in [0.25, 0.3) is 5.91 Å². The van der Waals surface area contributed by atoms with Gasteiger partial charge in [-0.05, 0) is 25.0 Å². The van der Waals surface area contributed by atoms with Crippen molar-refractivity contribution in [1.82, 2.24) is 5.32 Å². The van der Waals surface area contributed by atoms with Crippen LogP contribution in [0.1, 0.15) is 33.2 Å². The number of alkyl halides is 1. The monoisotopic (exact) mass is 237 g/mol. The maximum atomic E-state index is 11.7. The molecule has 1 aliphatic rings. The number of halogens is 1. The van der Waals surface area contributed by atoms with Crippen molar-refractivity contribution in [3.05, 3.63) is 34.9 Å². The van der Waals surface area contributed by atoms with Gasteiger partial charge in [-0.3, -0.25) is 9.59 Å². The summed E-state index contributed by atoms with van der Waals surface area (Å²) in [5, 5.41) is 2.19. The largest absolute Gasteiger partial charge is 0.352 e. The van der Waals surface area contributed by atoms with Gasteiger partial charge in [0.05, 0.1) is 5.38 Å². The molecule has 0 saturated heterocycles. The number of Topliss-reactive ketones (excluding diaryl/α,β-unsaturated/α-hetero) is 1. The summed E-state index contributed by atoms with van der Waals surface area (Å²) in [4.78, 5) is 23.2. The van der Waals surface area contributed by atoms with E-state index in [2.05, 4.69) is 5.32 Å². The van der Waals surface area contributed by atoms with Gasteiger partial charge in [0, 0.05) is 17.7 Å². The van der Waals surface area contributed by atoms with E-state index >= 15 is 0 Å². The summed E-state index contributed by atoms with van der Waals surface area (Å²) in [5.74, 6) is -0.263. The van der Waals surface area contributed by atoms with Gasteiger partial charge in [-0.25, -0.2) is 0 Å². The molecule has 84 valence electrons. The molecule has 1 amide bonds. The lowest BCUT2D eigenvalue weighted by molar-refractivity contribution is 0.0946. The number of carbonyl (C=O) groups excluding carboxylic acids is 2. The number of hydrogen-bond acceptors (Lipinski definition) is 2. The lowest BCUT2D eigenvalue weighted by Gasteiger charge is -2.17. The highest BCUT2D eigenvalue weighted by atomic mass is 35.5. The molecule has 0 fully saturated rings. The fourth-order valence-corrected chi connectivity index (χ4v) is 1.92. The van der Waals surface area contributed by atoms with E-state index in [1.807, 2.05) is 6.07 Å². The van der Waals surface area contributed by atoms with E-state index in [0.29, 0.717) is 17.7 Å². The van der Waals surface area contributed by atoms with Crippen molar-refractivity contribution in [2.75, 3.05) is 6.54 Å². The second-order valence-electron chi connectivity index (χ2n) is 3.86. The highest BCUT2D eigenvalue weighted by molar-refractivity contribution is 6.33. The Kier molecular flexibility index (Phi) is 2.97. The first-order chi connectivity index (χ1) is 7.59. The third-order valence-electron chi connectivity index (χ3n) is 2.68. The molecule has 1 aliphatic heterocycles. The Balaban J connectivity index is 2.41. The maximum absolute atomic E-state index is 11.7. The Morgan fingerprint density at radius 1 is 1.50 bits per heavy atom. The van der Waals surface area contributed by atoms with Crippen molar-refractivity contribution in [1.29, 1.82) is 0 Å². The molecule has 0 spiro atoms. The molecule has 0 radical (unpaired) electrons. The van der Waals surface area contributed by atoms with Gasteiger partial charge in [0.2, 0.25) is 0 Å². The standard InChI is InChI=1S/C12H12ClNO2/c1-7(13)11(15)9-3-2-8-4-5-14-12(16)10(8)6-9/h2-3,6-7H,4-5H2,1H3,(H,14,16). The van der Waals surface area contributed by atoms with Crippen molar-refractivity contribution >= 4 is 23.3 Å². The van der Waals surface area contributed by atoms with E-state index < -0.39 is 5.38 Å². The first kappa shape index (κ1) is 11.1. The summed E-state index contributed by atoms with van der Waals surface area (Å²) >= 11 is 5.73. The molecule has 16 heavy (non-hydrogen) atoms. The van der Waals surface area contributed by atoms with E-state index in [9.17, 15) is 9.59 Å². The van der Waals surface area contributed by atoms with Crippen molar-refractivity contribution in [2.45, 2.75) is 18.7 Å². The van der Waals surface area contributed by atoms with E-state index in [1.165, 1.54) is 0 Å². The fourth-order valence-electron chi connectivity index (χ4n) is 1.79. The molecule has 1 N–H and O–H groups in total. The summed E-state index contributed by atoms with van der Waals surface area (Å²) in [5.41, 5.74) is 2.08. The molecule has 3 nitrogen and oxygen atoms in total. The van der Waals surface area contributed by atoms with Gasteiger partial charge >= 0.3 is 0 Å². The smallest absolute Gasteiger partial charge is 0.251 e. The van der Waals surface area contributed by atoms with Crippen LogP contribution in [0.2, 0.25) is 0 Å². The van der Waals surface area contributed by atoms with Crippen LogP contribution in [0.4, 0.5) is 0 Å². The molecule has 0 aliphatic carbocycles. The predicted molar refractivity (Wildman–Crippen MR) is 62.1 cm³/mol. The lowest BCUT2D eigenvalue weighted by atomic mass is 9.96. The first-order valence-electron chi connectivity index (χ1n) is 5.19. The minimum absolute atomic E-state index is 0.113. The molecule has 0 aromatic heterocycles. The van der Waals surface area contributed by atoms with Crippen LogP contribution in [0, 0.1) is 0 Å². The fraction of sp³-hybridized carbons (Fsp3) is 0.333. The van der Waals surface area contributed by atoms with Crippen LogP contribution in [0.25, 0.3) is 0 Å². The Labute approximate surface area is 98.8 Å². The Bertz CT molecular complexity index is 454. The molecule has 1 unspecified atom stereocenters. The second-order valence-corrected chi connectivity index (χ2v) is 4.51. The van der Waals surface area contributed by atoms with E-state index in [-0.39, 0.29) is 11.7 Å². The van der Waals surface area contributed by atoms with Crippen molar-refractivity contribution in [3.63, 3.8) is 0 Å². The number of nitrogens with one attached hydrogen (secondary N) is 1. The minimum atomic E-state index is -0.565. The zero-order chi connectivity index (χ0) is 11.7. The summed E-state index contributed by atoms with van der Waals surface area (Å²) < 4.78 is 0. The van der Waals surface area contributed by atoms with Crippen LogP contribution >= 0.6 is 11.6 Å². The minimum Gasteiger partial charge on any atom is -0.352 e. The van der Waals surface area contributed by atoms with E-state index in [4.69, 9.17) is 11.6 Å². The predicted octanol–water partition coefficient (Wildman–Crippen LogP) is 1.78. The average molecular weight is 238 g/mol. The van der Waals surface area contributed by atoms with Crippen LogP contribution in [-0.2, 0) is 6.42 Å². The van der Waals surface area contributed by atoms with E-state index in [0.717, 1.165) is 12.0 Å². The highest BCUT2D eigenvalue weighted by Crippen LogP contribution is 2.18. The number of amides is 1. The van der Waals surface area contributed by atoms with Crippen molar-refractivity contribution in [2.24, 2.45) is 0 Å². The number of benzene rings is 1. The number of hydrogen-bond donors (Lipinski definition) is 1. The van der Waals surface area contributed by atoms with Gasteiger partial charge < -0.3 is 5.32 Å². The molecular weight excluding hydrogens is 226 g/mol. The average Bonchev–Trinajstić information content (AvgIpc) is 2.28. The molecule has 0 saturated carbocycles. The summed E-state index contributed by atoms with van der Waals surface area (Å²) in [7, 11) is 0. The van der Waals surface area contributed by atoms with Crippen LogP contribution in [0.15, 0.2) is 18.2 Å². The number of fused-ring (bicyclic) bond motifs is 1. The van der Waals surface area contributed by atoms with Crippen LogP contribution < -0.4 is 5.32 Å². The summed E-state index contributed by atoms with van der Waals surface area (Å²) in [6.07, 6.45) is 0.811. The van der Waals surface area contributed by atoms with Crippen LogP contribution in [0.3, 0.4) is 0 Å². The quantitative estimate of drug-likeness (QED) is 0.630. The molecule has 1 atom stereocenters. The Morgan fingerprint density at radius 3 is 2.94 bits per heavy atom. The summed E-state index contributed by atoms with van der Waals surface area (Å²) in [6.45, 7) is 2.29. The van der Waals surface area contributed by atoms with Gasteiger partial charge in [0.15, 0.2) is 5.78 Å². The molecule has 2 rings (SSSR count). The van der Waals surface area contributed by atoms with Gasteiger partial charge in [-0.2, -0.15) is 0 Å². The molecule has 1 aromatic rings. The van der Waals surface area contributed by atoms with Crippen molar-refractivity contribution in [3.8, 4) is 0 Å². The zero-order valence-corrected chi connectivity index (χ0v) is 9.67. The lowest BCUT2D eigenvalue weighted by Crippen LogP contribution is -2.32. The van der Waals surface area contributed by atoms with Gasteiger partial charge in [-0.15, -0.1) is 11.6 Å². The third-order valence-corrected chi connectivity index (χ3v) is 2.88. The van der Waals surface area contributed by atoms with Gasteiger partial charge in [0.1, 0.15) is 0 Å². The maximum Gasteiger partial charge on any atom is 0.251 e. The molecule has 0 bridgehead atoms. The highest BCUT2D eigenvalue weighted by Gasteiger charge is 2.19. The molecular formula is C12H12ClNO2. The summed E-state index contributed by atoms with van der Waals surface area (Å²) in [6, 6.07) is 5.20.